The predicted molar refractivity (Wildman–Crippen MR) is 86.4 cm³/mol. The Kier molecular flexibility index (Phi) is 5.73. The Bertz CT molecular complexity index is 623. The molecule has 0 unspecified atom stereocenters. The van der Waals surface area contributed by atoms with Gasteiger partial charge in [0.1, 0.15) is 18.3 Å². The maximum atomic E-state index is 11.4. The van der Waals surface area contributed by atoms with Crippen molar-refractivity contribution in [2.75, 3.05) is 22.6 Å². The molecule has 0 aliphatic carbocycles. The molecule has 0 aromatic heterocycles. The Morgan fingerprint density at radius 2 is 1.75 bits per heavy atom. The van der Waals surface area contributed by atoms with Gasteiger partial charge in [0, 0.05) is 19.5 Å². The molecular formula is C15H21N3O6. The van der Waals surface area contributed by atoms with E-state index in [9.17, 15) is 19.8 Å². The molecule has 132 valence electrons. The van der Waals surface area contributed by atoms with Gasteiger partial charge in [0.15, 0.2) is 6.23 Å². The van der Waals surface area contributed by atoms with Gasteiger partial charge in [0.05, 0.1) is 18.0 Å². The highest BCUT2D eigenvalue weighted by atomic mass is 16.6. The van der Waals surface area contributed by atoms with Crippen molar-refractivity contribution in [3.05, 3.63) is 18.2 Å². The minimum atomic E-state index is -1.25. The van der Waals surface area contributed by atoms with Crippen LogP contribution in [0.4, 0.5) is 17.1 Å². The zero-order valence-electron chi connectivity index (χ0n) is 13.3. The van der Waals surface area contributed by atoms with Gasteiger partial charge in [0.2, 0.25) is 11.8 Å². The molecule has 0 spiro atoms. The SMILES string of the molecule is CC(=O)Nc1ccc(N[C@@H]2O[C@H](CO)[C@H](O)[C@H]2O)c(NC(C)=O)c1. The molecule has 1 aromatic carbocycles. The molecule has 0 bridgehead atoms. The molecule has 2 rings (SSSR count). The number of amides is 2. The third-order valence-corrected chi connectivity index (χ3v) is 3.49. The number of carbonyl (C=O) groups excluding carboxylic acids is 2. The number of nitrogens with one attached hydrogen (secondary N) is 3. The summed E-state index contributed by atoms with van der Waals surface area (Å²) in [5.41, 5.74) is 1.28. The zero-order valence-corrected chi connectivity index (χ0v) is 13.3. The molecule has 1 fully saturated rings. The fourth-order valence-corrected chi connectivity index (χ4v) is 2.42. The van der Waals surface area contributed by atoms with Gasteiger partial charge in [0.25, 0.3) is 0 Å². The van der Waals surface area contributed by atoms with E-state index in [1.54, 1.807) is 18.2 Å². The monoisotopic (exact) mass is 339 g/mol. The predicted octanol–water partition coefficient (Wildman–Crippen LogP) is -0.546. The molecule has 0 saturated carbocycles. The van der Waals surface area contributed by atoms with Gasteiger partial charge in [-0.3, -0.25) is 9.59 Å². The highest BCUT2D eigenvalue weighted by Crippen LogP contribution is 2.30. The third kappa shape index (κ3) is 4.20. The van der Waals surface area contributed by atoms with Crippen molar-refractivity contribution in [3.63, 3.8) is 0 Å². The molecule has 6 N–H and O–H groups in total. The van der Waals surface area contributed by atoms with E-state index >= 15 is 0 Å². The summed E-state index contributed by atoms with van der Waals surface area (Å²) in [7, 11) is 0. The summed E-state index contributed by atoms with van der Waals surface area (Å²) in [6, 6.07) is 4.74. The molecule has 2 amide bonds. The number of aliphatic hydroxyl groups excluding tert-OH is 3. The Hall–Kier alpha value is -2.20. The van der Waals surface area contributed by atoms with Crippen LogP contribution in [-0.2, 0) is 14.3 Å². The van der Waals surface area contributed by atoms with Crippen molar-refractivity contribution in [3.8, 4) is 0 Å². The minimum absolute atomic E-state index is 0.257. The van der Waals surface area contributed by atoms with Crippen molar-refractivity contribution in [2.45, 2.75) is 38.4 Å². The van der Waals surface area contributed by atoms with E-state index in [4.69, 9.17) is 9.84 Å². The van der Waals surface area contributed by atoms with E-state index in [2.05, 4.69) is 16.0 Å². The first-order valence-electron chi connectivity index (χ1n) is 7.40. The van der Waals surface area contributed by atoms with Gasteiger partial charge in [-0.25, -0.2) is 0 Å². The Morgan fingerprint density at radius 1 is 1.08 bits per heavy atom. The van der Waals surface area contributed by atoms with Gasteiger partial charge < -0.3 is 36.0 Å². The summed E-state index contributed by atoms with van der Waals surface area (Å²) >= 11 is 0. The van der Waals surface area contributed by atoms with E-state index in [1.807, 2.05) is 0 Å². The lowest BCUT2D eigenvalue weighted by Crippen LogP contribution is -2.36. The number of carbonyl (C=O) groups is 2. The van der Waals surface area contributed by atoms with Crippen LogP contribution in [0, 0.1) is 0 Å². The van der Waals surface area contributed by atoms with Crippen LogP contribution in [0.5, 0.6) is 0 Å². The molecule has 1 aliphatic rings. The van der Waals surface area contributed by atoms with E-state index in [0.29, 0.717) is 17.1 Å². The van der Waals surface area contributed by atoms with Gasteiger partial charge in [-0.05, 0) is 18.2 Å². The van der Waals surface area contributed by atoms with Crippen molar-refractivity contribution in [1.82, 2.24) is 0 Å². The summed E-state index contributed by atoms with van der Waals surface area (Å²) < 4.78 is 5.35. The molecule has 0 radical (unpaired) electrons. The number of anilines is 3. The molecule has 9 heteroatoms. The Labute approximate surface area is 138 Å². The summed E-state index contributed by atoms with van der Waals surface area (Å²) in [4.78, 5) is 22.5. The Morgan fingerprint density at radius 3 is 2.29 bits per heavy atom. The fraction of sp³-hybridized carbons (Fsp3) is 0.467. The quantitative estimate of drug-likeness (QED) is 0.423. The smallest absolute Gasteiger partial charge is 0.221 e. The van der Waals surface area contributed by atoms with E-state index in [1.165, 1.54) is 13.8 Å². The highest BCUT2D eigenvalue weighted by molar-refractivity contribution is 5.95. The van der Waals surface area contributed by atoms with Crippen LogP contribution in [0.3, 0.4) is 0 Å². The van der Waals surface area contributed by atoms with Crippen molar-refractivity contribution < 1.29 is 29.6 Å². The lowest BCUT2D eigenvalue weighted by atomic mass is 10.1. The number of hydrogen-bond acceptors (Lipinski definition) is 7. The summed E-state index contributed by atoms with van der Waals surface area (Å²) in [5.74, 6) is -0.577. The molecule has 1 saturated heterocycles. The number of ether oxygens (including phenoxy) is 1. The highest BCUT2D eigenvalue weighted by Gasteiger charge is 2.42. The molecule has 1 aromatic rings. The van der Waals surface area contributed by atoms with E-state index in [0.717, 1.165) is 0 Å². The second-order valence-electron chi connectivity index (χ2n) is 5.53. The number of benzene rings is 1. The van der Waals surface area contributed by atoms with Gasteiger partial charge in [-0.2, -0.15) is 0 Å². The van der Waals surface area contributed by atoms with E-state index in [-0.39, 0.29) is 11.8 Å². The summed E-state index contributed by atoms with van der Waals surface area (Å²) in [6.45, 7) is 2.27. The van der Waals surface area contributed by atoms with Crippen molar-refractivity contribution >= 4 is 28.9 Å². The van der Waals surface area contributed by atoms with Crippen LogP contribution >= 0.6 is 0 Å². The topological polar surface area (TPSA) is 140 Å². The summed E-state index contributed by atoms with van der Waals surface area (Å²) in [6.07, 6.45) is -4.34. The lowest BCUT2D eigenvalue weighted by Gasteiger charge is -2.20. The van der Waals surface area contributed by atoms with Gasteiger partial charge in [-0.15, -0.1) is 0 Å². The minimum Gasteiger partial charge on any atom is -0.394 e. The van der Waals surface area contributed by atoms with Crippen LogP contribution in [0.25, 0.3) is 0 Å². The normalized spacial score (nSPS) is 26.0. The maximum absolute atomic E-state index is 11.4. The van der Waals surface area contributed by atoms with Crippen LogP contribution < -0.4 is 16.0 Å². The van der Waals surface area contributed by atoms with Crippen LogP contribution in [-0.4, -0.2) is 58.3 Å². The number of hydrogen-bond donors (Lipinski definition) is 6. The fourth-order valence-electron chi connectivity index (χ4n) is 2.42. The van der Waals surface area contributed by atoms with Crippen molar-refractivity contribution in [1.29, 1.82) is 0 Å². The molecule has 1 heterocycles. The second kappa shape index (κ2) is 7.58. The largest absolute Gasteiger partial charge is 0.394 e. The zero-order chi connectivity index (χ0) is 17.9. The van der Waals surface area contributed by atoms with Crippen LogP contribution in [0.2, 0.25) is 0 Å². The van der Waals surface area contributed by atoms with Crippen LogP contribution in [0.1, 0.15) is 13.8 Å². The van der Waals surface area contributed by atoms with Gasteiger partial charge in [-0.1, -0.05) is 0 Å². The molecular weight excluding hydrogens is 318 g/mol. The molecule has 1 aliphatic heterocycles. The average molecular weight is 339 g/mol. The number of aliphatic hydroxyl groups is 3. The Balaban J connectivity index is 2.22. The molecule has 24 heavy (non-hydrogen) atoms. The van der Waals surface area contributed by atoms with Gasteiger partial charge >= 0.3 is 0 Å². The number of rotatable bonds is 5. The maximum Gasteiger partial charge on any atom is 0.221 e. The third-order valence-electron chi connectivity index (χ3n) is 3.49. The van der Waals surface area contributed by atoms with Crippen LogP contribution in [0.15, 0.2) is 18.2 Å². The van der Waals surface area contributed by atoms with E-state index < -0.39 is 31.1 Å². The first-order valence-corrected chi connectivity index (χ1v) is 7.40. The molecule has 9 nitrogen and oxygen atoms in total. The average Bonchev–Trinajstić information content (AvgIpc) is 2.76. The standard InChI is InChI=1S/C15H21N3O6/c1-7(20)16-9-3-4-10(11(5-9)17-8(2)21)18-15-14(23)13(22)12(6-19)24-15/h3-5,12-15,18-19,22-23H,6H2,1-2H3,(H,16,20)(H,17,21)/t12-,13+,14-,15-/m1/s1. The first kappa shape index (κ1) is 18.1. The second-order valence-corrected chi connectivity index (χ2v) is 5.53. The van der Waals surface area contributed by atoms with Crippen molar-refractivity contribution in [2.24, 2.45) is 0 Å². The molecule has 4 atom stereocenters. The summed E-state index contributed by atoms with van der Waals surface area (Å²) in [5, 5.41) is 36.9. The first-order chi connectivity index (χ1) is 11.3. The lowest BCUT2D eigenvalue weighted by molar-refractivity contribution is -0.115.